The van der Waals surface area contributed by atoms with Crippen LogP contribution < -0.4 is 4.80 Å². The summed E-state index contributed by atoms with van der Waals surface area (Å²) in [6.45, 7) is 0. The van der Waals surface area contributed by atoms with E-state index in [0.717, 1.165) is 5.56 Å². The molecule has 2 aromatic heterocycles. The third-order valence-corrected chi connectivity index (χ3v) is 4.63. The van der Waals surface area contributed by atoms with Crippen LogP contribution in [-0.4, -0.2) is 22.9 Å². The number of rotatable bonds is 4. The highest BCUT2D eigenvalue weighted by Gasteiger charge is 2.13. The highest BCUT2D eigenvalue weighted by molar-refractivity contribution is 7.07. The van der Waals surface area contributed by atoms with Gasteiger partial charge in [-0.1, -0.05) is 23.2 Å². The van der Waals surface area contributed by atoms with Crippen LogP contribution in [0.15, 0.2) is 50.2 Å². The normalized spacial score (nSPS) is 12.2. The summed E-state index contributed by atoms with van der Waals surface area (Å²) < 4.78 is 6.65. The van der Waals surface area contributed by atoms with E-state index in [9.17, 15) is 10.1 Å². The number of hydrogen-bond donors (Lipinski definition) is 0. The van der Waals surface area contributed by atoms with Gasteiger partial charge in [-0.2, -0.15) is 5.10 Å². The summed E-state index contributed by atoms with van der Waals surface area (Å²) >= 11 is 13.6. The lowest BCUT2D eigenvalue weighted by atomic mass is 10.2. The first-order chi connectivity index (χ1) is 12.0. The molecule has 0 radical (unpaired) electrons. The quantitative estimate of drug-likeness (QED) is 0.371. The first-order valence-corrected chi connectivity index (χ1v) is 8.50. The fourth-order valence-corrected chi connectivity index (χ4v) is 3.37. The molecule has 0 aliphatic heterocycles. The topological polar surface area (TPSA) is 85.9 Å². The second kappa shape index (κ2) is 7.22. The third kappa shape index (κ3) is 3.65. The van der Waals surface area contributed by atoms with Crippen molar-refractivity contribution in [3.05, 3.63) is 66.4 Å². The van der Waals surface area contributed by atoms with E-state index in [1.165, 1.54) is 29.7 Å². The smallest absolute Gasteiger partial charge is 0.400 e. The van der Waals surface area contributed by atoms with Gasteiger partial charge in [0.15, 0.2) is 5.76 Å². The van der Waals surface area contributed by atoms with Gasteiger partial charge in [-0.25, -0.2) is 4.68 Å². The SMILES string of the molecule is CN=c1scc(-c2ccc(Cl)cc2Cl)n1N=Cc1ccc([N+](=O)[O-])o1. The van der Waals surface area contributed by atoms with Gasteiger partial charge in [0.25, 0.3) is 0 Å². The Balaban J connectivity index is 2.04. The molecular formula is C15H10Cl2N4O3S. The standard InChI is InChI=1S/C15H10Cl2N4O3S/c1-18-15-20(19-7-10-3-5-14(24-10)21(22)23)13(8-25-15)11-4-2-9(16)6-12(11)17/h2-8H,1H3. The van der Waals surface area contributed by atoms with Crippen molar-refractivity contribution in [1.82, 2.24) is 4.68 Å². The Morgan fingerprint density at radius 2 is 2.12 bits per heavy atom. The minimum Gasteiger partial charge on any atom is -0.400 e. The first-order valence-electron chi connectivity index (χ1n) is 6.87. The molecule has 0 atom stereocenters. The molecule has 7 nitrogen and oxygen atoms in total. The Morgan fingerprint density at radius 3 is 2.76 bits per heavy atom. The van der Waals surface area contributed by atoms with Crippen LogP contribution >= 0.6 is 34.5 Å². The number of hydrogen-bond acceptors (Lipinski definition) is 6. The van der Waals surface area contributed by atoms with E-state index < -0.39 is 4.92 Å². The minimum atomic E-state index is -0.610. The average Bonchev–Trinajstić information content (AvgIpc) is 3.19. The van der Waals surface area contributed by atoms with E-state index in [1.54, 1.807) is 29.9 Å². The molecule has 0 bridgehead atoms. The maximum atomic E-state index is 10.7. The van der Waals surface area contributed by atoms with Gasteiger partial charge in [-0.05, 0) is 24.3 Å². The lowest BCUT2D eigenvalue weighted by molar-refractivity contribution is -0.402. The summed E-state index contributed by atoms with van der Waals surface area (Å²) in [5, 5.41) is 17.9. The monoisotopic (exact) mass is 396 g/mol. The predicted octanol–water partition coefficient (Wildman–Crippen LogP) is 4.44. The highest BCUT2D eigenvalue weighted by atomic mass is 35.5. The van der Waals surface area contributed by atoms with E-state index in [-0.39, 0.29) is 11.6 Å². The van der Waals surface area contributed by atoms with Gasteiger partial charge < -0.3 is 4.42 Å². The summed E-state index contributed by atoms with van der Waals surface area (Å²) in [7, 11) is 1.64. The van der Waals surface area contributed by atoms with Crippen LogP contribution in [0.4, 0.5) is 5.88 Å². The Morgan fingerprint density at radius 1 is 1.32 bits per heavy atom. The van der Waals surface area contributed by atoms with Crippen LogP contribution in [0, 0.1) is 10.1 Å². The highest BCUT2D eigenvalue weighted by Crippen LogP contribution is 2.30. The average molecular weight is 397 g/mol. The number of furan rings is 1. The van der Waals surface area contributed by atoms with Crippen molar-refractivity contribution in [3.63, 3.8) is 0 Å². The van der Waals surface area contributed by atoms with E-state index in [0.29, 0.717) is 20.5 Å². The molecule has 0 saturated heterocycles. The summed E-state index contributed by atoms with van der Waals surface area (Å²) in [6, 6.07) is 7.89. The molecule has 0 aliphatic rings. The van der Waals surface area contributed by atoms with E-state index >= 15 is 0 Å². The van der Waals surface area contributed by atoms with Crippen molar-refractivity contribution in [2.24, 2.45) is 10.1 Å². The molecule has 10 heteroatoms. The van der Waals surface area contributed by atoms with E-state index in [1.807, 2.05) is 5.38 Å². The van der Waals surface area contributed by atoms with Gasteiger partial charge in [0.2, 0.25) is 4.80 Å². The maximum absolute atomic E-state index is 10.7. The molecular weight excluding hydrogens is 387 g/mol. The van der Waals surface area contributed by atoms with Gasteiger partial charge in [-0.15, -0.1) is 11.3 Å². The molecule has 2 heterocycles. The lowest BCUT2D eigenvalue weighted by Gasteiger charge is -2.05. The number of nitro groups is 1. The first kappa shape index (κ1) is 17.4. The minimum absolute atomic E-state index is 0.251. The molecule has 25 heavy (non-hydrogen) atoms. The Bertz CT molecular complexity index is 1040. The fraction of sp³-hybridized carbons (Fsp3) is 0.0667. The summed E-state index contributed by atoms with van der Waals surface area (Å²) in [4.78, 5) is 14.9. The van der Waals surface area contributed by atoms with Crippen molar-refractivity contribution in [1.29, 1.82) is 0 Å². The molecule has 0 fully saturated rings. The van der Waals surface area contributed by atoms with Crippen LogP contribution in [0.1, 0.15) is 5.76 Å². The van der Waals surface area contributed by atoms with Gasteiger partial charge >= 0.3 is 5.88 Å². The molecule has 0 amide bonds. The molecule has 128 valence electrons. The zero-order valence-corrected chi connectivity index (χ0v) is 15.0. The van der Waals surface area contributed by atoms with Gasteiger partial charge in [-0.3, -0.25) is 15.1 Å². The summed E-state index contributed by atoms with van der Waals surface area (Å²) in [5.74, 6) is -0.0984. The maximum Gasteiger partial charge on any atom is 0.433 e. The van der Waals surface area contributed by atoms with E-state index in [2.05, 4.69) is 10.1 Å². The Labute approximate surface area is 155 Å². The van der Waals surface area contributed by atoms with Crippen molar-refractivity contribution < 1.29 is 9.34 Å². The van der Waals surface area contributed by atoms with Gasteiger partial charge in [0.05, 0.1) is 23.0 Å². The zero-order valence-electron chi connectivity index (χ0n) is 12.7. The zero-order chi connectivity index (χ0) is 18.0. The second-order valence-electron chi connectivity index (χ2n) is 4.74. The Hall–Kier alpha value is -2.42. The summed E-state index contributed by atoms with van der Waals surface area (Å²) in [5.41, 5.74) is 1.45. The molecule has 0 spiro atoms. The van der Waals surface area contributed by atoms with Crippen LogP contribution in [-0.2, 0) is 0 Å². The number of benzene rings is 1. The molecule has 1 aromatic carbocycles. The van der Waals surface area contributed by atoms with Crippen molar-refractivity contribution >= 4 is 46.6 Å². The molecule has 3 aromatic rings. The number of nitrogens with zero attached hydrogens (tertiary/aromatic N) is 4. The van der Waals surface area contributed by atoms with Crippen molar-refractivity contribution in [3.8, 4) is 11.3 Å². The van der Waals surface area contributed by atoms with Crippen LogP contribution in [0.2, 0.25) is 10.0 Å². The summed E-state index contributed by atoms with van der Waals surface area (Å²) in [6.07, 6.45) is 1.38. The molecule has 0 saturated carbocycles. The van der Waals surface area contributed by atoms with Gasteiger partial charge in [0.1, 0.15) is 4.92 Å². The van der Waals surface area contributed by atoms with Crippen LogP contribution in [0.3, 0.4) is 0 Å². The Kier molecular flexibility index (Phi) is 5.03. The van der Waals surface area contributed by atoms with Gasteiger partial charge in [0, 0.05) is 23.0 Å². The van der Waals surface area contributed by atoms with E-state index in [4.69, 9.17) is 27.6 Å². The van der Waals surface area contributed by atoms with Crippen LogP contribution in [0.5, 0.6) is 0 Å². The predicted molar refractivity (Wildman–Crippen MR) is 97.6 cm³/mol. The largest absolute Gasteiger partial charge is 0.433 e. The fourth-order valence-electron chi connectivity index (χ4n) is 2.07. The third-order valence-electron chi connectivity index (χ3n) is 3.18. The number of aromatic nitrogens is 1. The van der Waals surface area contributed by atoms with Crippen LogP contribution in [0.25, 0.3) is 11.3 Å². The second-order valence-corrected chi connectivity index (χ2v) is 6.42. The number of thiazole rings is 1. The molecule has 0 aliphatic carbocycles. The molecule has 3 rings (SSSR count). The van der Waals surface area contributed by atoms with Crippen molar-refractivity contribution in [2.45, 2.75) is 0 Å². The lowest BCUT2D eigenvalue weighted by Crippen LogP contribution is -2.11. The molecule has 0 unspecified atom stereocenters. The van der Waals surface area contributed by atoms with Crippen molar-refractivity contribution in [2.75, 3.05) is 7.05 Å². The molecule has 0 N–H and O–H groups in total. The number of halogens is 2.